The molecule has 0 amide bonds. The summed E-state index contributed by atoms with van der Waals surface area (Å²) in [4.78, 5) is 12.3. The molecule has 5 nitrogen and oxygen atoms in total. The molecule has 2 aromatic rings. The molecule has 0 aromatic carbocycles. The highest BCUT2D eigenvalue weighted by Crippen LogP contribution is 2.25. The molecule has 1 fully saturated rings. The molecule has 3 rings (SSSR count). The molecule has 0 bridgehead atoms. The molecule has 1 saturated heterocycles. The van der Waals surface area contributed by atoms with Gasteiger partial charge in [-0.2, -0.15) is 0 Å². The Morgan fingerprint density at radius 1 is 1.41 bits per heavy atom. The number of aromatic amines is 1. The van der Waals surface area contributed by atoms with Crippen LogP contribution in [0.15, 0.2) is 12.1 Å². The Balaban J connectivity index is 1.95. The van der Waals surface area contributed by atoms with Gasteiger partial charge in [-0.25, -0.2) is 9.97 Å². The number of fused-ring (bicyclic) bond motifs is 1. The minimum Gasteiger partial charge on any atom is -0.381 e. The summed E-state index contributed by atoms with van der Waals surface area (Å²) in [7, 11) is 1.86. The van der Waals surface area contributed by atoms with Crippen molar-refractivity contribution in [1.82, 2.24) is 15.0 Å². The molecule has 2 aromatic heterocycles. The van der Waals surface area contributed by atoms with E-state index >= 15 is 0 Å². The average Bonchev–Trinajstić information content (AvgIpc) is 2.82. The number of rotatable bonds is 2. The summed E-state index contributed by atoms with van der Waals surface area (Å²) >= 11 is 0. The predicted octanol–water partition coefficient (Wildman–Crippen LogP) is 1.89. The maximum atomic E-state index is 5.48. The molecule has 0 radical (unpaired) electrons. The SMILES string of the molecule is CNc1ccc2[nH]c(C3CCCOC3)nc2n1. The van der Waals surface area contributed by atoms with Gasteiger partial charge in [0.1, 0.15) is 11.6 Å². The maximum absolute atomic E-state index is 5.48. The van der Waals surface area contributed by atoms with E-state index in [-0.39, 0.29) is 0 Å². The van der Waals surface area contributed by atoms with Gasteiger partial charge in [0.2, 0.25) is 0 Å². The van der Waals surface area contributed by atoms with Gasteiger partial charge in [0.25, 0.3) is 0 Å². The minimum absolute atomic E-state index is 0.385. The molecule has 5 heteroatoms. The molecular weight excluding hydrogens is 216 g/mol. The fourth-order valence-corrected chi connectivity index (χ4v) is 2.20. The molecule has 0 aliphatic carbocycles. The fourth-order valence-electron chi connectivity index (χ4n) is 2.20. The van der Waals surface area contributed by atoms with Crippen molar-refractivity contribution < 1.29 is 4.74 Å². The van der Waals surface area contributed by atoms with Gasteiger partial charge in [0, 0.05) is 19.6 Å². The summed E-state index contributed by atoms with van der Waals surface area (Å²) in [5.41, 5.74) is 1.77. The van der Waals surface area contributed by atoms with E-state index in [4.69, 9.17) is 4.74 Å². The molecule has 1 unspecified atom stereocenters. The summed E-state index contributed by atoms with van der Waals surface area (Å²) in [5.74, 6) is 2.23. The van der Waals surface area contributed by atoms with Crippen molar-refractivity contribution in [2.75, 3.05) is 25.6 Å². The Kier molecular flexibility index (Phi) is 2.68. The number of nitrogens with zero attached hydrogens (tertiary/aromatic N) is 2. The number of pyridine rings is 1. The zero-order valence-electron chi connectivity index (χ0n) is 9.86. The highest BCUT2D eigenvalue weighted by molar-refractivity contribution is 5.73. The van der Waals surface area contributed by atoms with Crippen molar-refractivity contribution in [3.05, 3.63) is 18.0 Å². The average molecular weight is 232 g/mol. The zero-order valence-corrected chi connectivity index (χ0v) is 9.86. The second-order valence-electron chi connectivity index (χ2n) is 4.35. The van der Waals surface area contributed by atoms with Crippen LogP contribution in [0.1, 0.15) is 24.6 Å². The van der Waals surface area contributed by atoms with E-state index in [1.54, 1.807) is 0 Å². The third-order valence-electron chi connectivity index (χ3n) is 3.17. The van der Waals surface area contributed by atoms with E-state index in [1.807, 2.05) is 19.2 Å². The summed E-state index contributed by atoms with van der Waals surface area (Å²) in [6, 6.07) is 3.95. The molecule has 1 atom stereocenters. The lowest BCUT2D eigenvalue weighted by molar-refractivity contribution is 0.0784. The van der Waals surface area contributed by atoms with E-state index in [0.717, 1.165) is 48.9 Å². The molecule has 17 heavy (non-hydrogen) atoms. The lowest BCUT2D eigenvalue weighted by Gasteiger charge is -2.19. The molecular formula is C12H16N4O. The van der Waals surface area contributed by atoms with Crippen molar-refractivity contribution >= 4 is 17.0 Å². The van der Waals surface area contributed by atoms with E-state index in [2.05, 4.69) is 20.3 Å². The minimum atomic E-state index is 0.385. The van der Waals surface area contributed by atoms with Crippen LogP contribution < -0.4 is 5.32 Å². The molecule has 1 aliphatic rings. The second-order valence-corrected chi connectivity index (χ2v) is 4.35. The zero-order chi connectivity index (χ0) is 11.7. The van der Waals surface area contributed by atoms with Crippen LogP contribution in [0.4, 0.5) is 5.82 Å². The smallest absolute Gasteiger partial charge is 0.179 e. The number of imidazole rings is 1. The first kappa shape index (κ1) is 10.5. The van der Waals surface area contributed by atoms with Crippen LogP contribution >= 0.6 is 0 Å². The van der Waals surface area contributed by atoms with Gasteiger partial charge >= 0.3 is 0 Å². The van der Waals surface area contributed by atoms with Gasteiger partial charge in [-0.1, -0.05) is 0 Å². The van der Waals surface area contributed by atoms with Gasteiger partial charge < -0.3 is 15.0 Å². The van der Waals surface area contributed by atoms with Crippen molar-refractivity contribution in [3.8, 4) is 0 Å². The summed E-state index contributed by atoms with van der Waals surface area (Å²) < 4.78 is 5.48. The lowest BCUT2D eigenvalue weighted by atomic mass is 10.0. The van der Waals surface area contributed by atoms with Crippen LogP contribution in [0, 0.1) is 0 Å². The van der Waals surface area contributed by atoms with E-state index in [9.17, 15) is 0 Å². The van der Waals surface area contributed by atoms with Gasteiger partial charge in [0.05, 0.1) is 12.1 Å². The standard InChI is InChI=1S/C12H16N4O/c1-13-10-5-4-9-12(15-10)16-11(14-9)8-3-2-6-17-7-8/h4-5,8H,2-3,6-7H2,1H3,(H2,13,14,15,16). The van der Waals surface area contributed by atoms with Crippen LogP contribution in [0.25, 0.3) is 11.2 Å². The number of nitrogens with one attached hydrogen (secondary N) is 2. The number of aromatic nitrogens is 3. The quantitative estimate of drug-likeness (QED) is 0.830. The van der Waals surface area contributed by atoms with Crippen molar-refractivity contribution in [2.24, 2.45) is 0 Å². The number of H-pyrrole nitrogens is 1. The summed E-state index contributed by atoms with van der Waals surface area (Å²) in [6.07, 6.45) is 2.25. The Bertz CT molecular complexity index is 516. The molecule has 0 spiro atoms. The molecule has 90 valence electrons. The van der Waals surface area contributed by atoms with Crippen molar-refractivity contribution in [3.63, 3.8) is 0 Å². The van der Waals surface area contributed by atoms with Crippen molar-refractivity contribution in [1.29, 1.82) is 0 Å². The van der Waals surface area contributed by atoms with Crippen LogP contribution in [0.5, 0.6) is 0 Å². The van der Waals surface area contributed by atoms with Gasteiger partial charge in [-0.05, 0) is 25.0 Å². The highest BCUT2D eigenvalue weighted by atomic mass is 16.5. The van der Waals surface area contributed by atoms with E-state index in [1.165, 1.54) is 0 Å². The van der Waals surface area contributed by atoms with E-state index < -0.39 is 0 Å². The summed E-state index contributed by atoms with van der Waals surface area (Å²) in [5, 5.41) is 3.02. The topological polar surface area (TPSA) is 62.8 Å². The van der Waals surface area contributed by atoms with Crippen molar-refractivity contribution in [2.45, 2.75) is 18.8 Å². The number of hydrogen-bond acceptors (Lipinski definition) is 4. The van der Waals surface area contributed by atoms with Gasteiger partial charge in [-0.3, -0.25) is 0 Å². The predicted molar refractivity (Wildman–Crippen MR) is 66.2 cm³/mol. The second kappa shape index (κ2) is 4.33. The number of hydrogen-bond donors (Lipinski definition) is 2. The maximum Gasteiger partial charge on any atom is 0.179 e. The molecule has 2 N–H and O–H groups in total. The first-order chi connectivity index (χ1) is 8.36. The first-order valence-electron chi connectivity index (χ1n) is 5.99. The number of ether oxygens (including phenoxy) is 1. The Hall–Kier alpha value is -1.62. The highest BCUT2D eigenvalue weighted by Gasteiger charge is 2.19. The summed E-state index contributed by atoms with van der Waals surface area (Å²) in [6.45, 7) is 1.64. The van der Waals surface area contributed by atoms with E-state index in [0.29, 0.717) is 5.92 Å². The Labute approximate surface area is 99.6 Å². The van der Waals surface area contributed by atoms with Crippen LogP contribution in [-0.2, 0) is 4.74 Å². The monoisotopic (exact) mass is 232 g/mol. The third kappa shape index (κ3) is 1.98. The van der Waals surface area contributed by atoms with Crippen LogP contribution in [0.3, 0.4) is 0 Å². The third-order valence-corrected chi connectivity index (χ3v) is 3.17. The Morgan fingerprint density at radius 3 is 3.12 bits per heavy atom. The first-order valence-corrected chi connectivity index (χ1v) is 5.99. The molecule has 3 heterocycles. The molecule has 0 saturated carbocycles. The van der Waals surface area contributed by atoms with Gasteiger partial charge in [-0.15, -0.1) is 0 Å². The molecule has 1 aliphatic heterocycles. The number of anilines is 1. The van der Waals surface area contributed by atoms with Gasteiger partial charge in [0.15, 0.2) is 5.65 Å². The largest absolute Gasteiger partial charge is 0.381 e. The lowest BCUT2D eigenvalue weighted by Crippen LogP contribution is -2.16. The fraction of sp³-hybridized carbons (Fsp3) is 0.500. The Morgan fingerprint density at radius 2 is 2.35 bits per heavy atom. The van der Waals surface area contributed by atoms with Crippen LogP contribution in [-0.4, -0.2) is 35.2 Å². The normalized spacial score (nSPS) is 20.6. The van der Waals surface area contributed by atoms with Crippen LogP contribution in [0.2, 0.25) is 0 Å².